The summed E-state index contributed by atoms with van der Waals surface area (Å²) in [5.74, 6) is 0.630. The van der Waals surface area contributed by atoms with Crippen LogP contribution in [0.25, 0.3) is 10.8 Å². The Labute approximate surface area is 150 Å². The first-order valence-electron chi connectivity index (χ1n) is 9.35. The maximum absolute atomic E-state index is 12.6. The van der Waals surface area contributed by atoms with Gasteiger partial charge >= 0.3 is 0 Å². The van der Waals surface area contributed by atoms with Crippen LogP contribution in [0.4, 0.5) is 0 Å². The van der Waals surface area contributed by atoms with Crippen molar-refractivity contribution in [3.8, 4) is 0 Å². The molecule has 2 aromatic carbocycles. The molecule has 0 aliphatic heterocycles. The zero-order valence-corrected chi connectivity index (χ0v) is 15.5. The summed E-state index contributed by atoms with van der Waals surface area (Å²) in [5, 5.41) is 6.47. The summed E-state index contributed by atoms with van der Waals surface area (Å²) >= 11 is 0. The van der Waals surface area contributed by atoms with Gasteiger partial charge in [0.25, 0.3) is 5.91 Å². The number of benzene rings is 2. The van der Waals surface area contributed by atoms with E-state index in [-0.39, 0.29) is 5.91 Å². The van der Waals surface area contributed by atoms with Crippen LogP contribution in [0.5, 0.6) is 0 Å². The number of nitrogens with one attached hydrogen (secondary N) is 1. The van der Waals surface area contributed by atoms with E-state index in [1.54, 1.807) is 0 Å². The zero-order chi connectivity index (χ0) is 17.9. The minimum atomic E-state index is -0.125. The van der Waals surface area contributed by atoms with Gasteiger partial charge in [0.2, 0.25) is 0 Å². The Bertz CT molecular complexity index is 776. The molecule has 0 radical (unpaired) electrons. The largest absolute Gasteiger partial charge is 0.271 e. The van der Waals surface area contributed by atoms with Crippen molar-refractivity contribution in [3.63, 3.8) is 0 Å². The average Bonchev–Trinajstić information content (AvgIpc) is 2.66. The second-order valence-electron chi connectivity index (χ2n) is 7.76. The molecule has 0 saturated heterocycles. The minimum Gasteiger partial charge on any atom is -0.267 e. The fraction of sp³-hybridized carbons (Fsp3) is 0.455. The molecule has 1 aliphatic carbocycles. The lowest BCUT2D eigenvalue weighted by Crippen LogP contribution is -2.29. The lowest BCUT2D eigenvalue weighted by Gasteiger charge is -2.36. The highest BCUT2D eigenvalue weighted by Crippen LogP contribution is 2.39. The standard InChI is InChI=1S/C22H28N2O/c1-4-22(2,3)17-12-14-18(15-13-17)23-24-21(25)20-11-7-9-16-8-5-6-10-19(16)20/h5-11,17H,4,12-15H2,1-3H3,(H,24,25). The van der Waals surface area contributed by atoms with Crippen LogP contribution < -0.4 is 5.43 Å². The van der Waals surface area contributed by atoms with Crippen LogP contribution in [0.2, 0.25) is 0 Å². The van der Waals surface area contributed by atoms with Gasteiger partial charge in [-0.3, -0.25) is 4.79 Å². The molecule has 25 heavy (non-hydrogen) atoms. The lowest BCUT2D eigenvalue weighted by molar-refractivity contribution is 0.0955. The predicted molar refractivity (Wildman–Crippen MR) is 105 cm³/mol. The van der Waals surface area contributed by atoms with Gasteiger partial charge in [-0.2, -0.15) is 5.10 Å². The van der Waals surface area contributed by atoms with Crippen molar-refractivity contribution in [1.82, 2.24) is 5.43 Å². The number of hydrogen-bond acceptors (Lipinski definition) is 2. The number of hydrazone groups is 1. The van der Waals surface area contributed by atoms with E-state index in [9.17, 15) is 4.79 Å². The smallest absolute Gasteiger partial charge is 0.267 e. The van der Waals surface area contributed by atoms with E-state index in [2.05, 4.69) is 31.3 Å². The molecule has 3 heteroatoms. The van der Waals surface area contributed by atoms with E-state index in [0.717, 1.165) is 35.2 Å². The van der Waals surface area contributed by atoms with Gasteiger partial charge in [0.1, 0.15) is 0 Å². The van der Waals surface area contributed by atoms with E-state index < -0.39 is 0 Å². The zero-order valence-electron chi connectivity index (χ0n) is 15.5. The molecule has 1 fully saturated rings. The van der Waals surface area contributed by atoms with Gasteiger partial charge in [-0.05, 0) is 53.9 Å². The summed E-state index contributed by atoms with van der Waals surface area (Å²) in [7, 11) is 0. The van der Waals surface area contributed by atoms with Gasteiger partial charge < -0.3 is 0 Å². The van der Waals surface area contributed by atoms with Crippen LogP contribution in [0.1, 0.15) is 63.2 Å². The molecular weight excluding hydrogens is 308 g/mol. The Morgan fingerprint density at radius 1 is 1.12 bits per heavy atom. The molecule has 1 aliphatic rings. The molecule has 0 bridgehead atoms. The van der Waals surface area contributed by atoms with Crippen molar-refractivity contribution in [3.05, 3.63) is 48.0 Å². The van der Waals surface area contributed by atoms with Crippen molar-refractivity contribution >= 4 is 22.4 Å². The third kappa shape index (κ3) is 3.92. The summed E-state index contributed by atoms with van der Waals surface area (Å²) in [5.41, 5.74) is 4.98. The van der Waals surface area contributed by atoms with E-state index in [1.807, 2.05) is 42.5 Å². The molecule has 1 N–H and O–H groups in total. The van der Waals surface area contributed by atoms with E-state index in [0.29, 0.717) is 11.0 Å². The van der Waals surface area contributed by atoms with Crippen molar-refractivity contribution in [2.24, 2.45) is 16.4 Å². The first-order chi connectivity index (χ1) is 12.0. The molecule has 0 heterocycles. The number of carbonyl (C=O) groups excluding carboxylic acids is 1. The summed E-state index contributed by atoms with van der Waals surface area (Å²) in [6.45, 7) is 7.00. The Hall–Kier alpha value is -2.16. The first-order valence-corrected chi connectivity index (χ1v) is 9.35. The maximum Gasteiger partial charge on any atom is 0.271 e. The number of hydrogen-bond donors (Lipinski definition) is 1. The van der Waals surface area contributed by atoms with Crippen molar-refractivity contribution in [2.75, 3.05) is 0 Å². The van der Waals surface area contributed by atoms with Gasteiger partial charge in [0.15, 0.2) is 0 Å². The molecule has 132 valence electrons. The Morgan fingerprint density at radius 3 is 2.52 bits per heavy atom. The summed E-state index contributed by atoms with van der Waals surface area (Å²) in [4.78, 5) is 12.6. The van der Waals surface area contributed by atoms with Crippen LogP contribution in [-0.2, 0) is 0 Å². The van der Waals surface area contributed by atoms with E-state index >= 15 is 0 Å². The fourth-order valence-corrected chi connectivity index (χ4v) is 3.75. The quantitative estimate of drug-likeness (QED) is 0.730. The van der Waals surface area contributed by atoms with Crippen LogP contribution >= 0.6 is 0 Å². The molecule has 0 aromatic heterocycles. The second-order valence-corrected chi connectivity index (χ2v) is 7.76. The molecule has 3 nitrogen and oxygen atoms in total. The number of rotatable bonds is 4. The number of amides is 1. The van der Waals surface area contributed by atoms with Crippen molar-refractivity contribution in [2.45, 2.75) is 52.9 Å². The number of fused-ring (bicyclic) bond motifs is 1. The normalized spacial score (nSPS) is 18.2. The average molecular weight is 336 g/mol. The highest BCUT2D eigenvalue weighted by molar-refractivity contribution is 6.07. The van der Waals surface area contributed by atoms with Crippen LogP contribution in [0, 0.1) is 11.3 Å². The monoisotopic (exact) mass is 336 g/mol. The molecule has 0 unspecified atom stereocenters. The molecule has 2 aromatic rings. The Kier molecular flexibility index (Phi) is 5.22. The fourth-order valence-electron chi connectivity index (χ4n) is 3.75. The topological polar surface area (TPSA) is 41.5 Å². The minimum absolute atomic E-state index is 0.125. The van der Waals surface area contributed by atoms with Crippen LogP contribution in [0.15, 0.2) is 47.6 Å². The summed E-state index contributed by atoms with van der Waals surface area (Å²) in [6.07, 6.45) is 5.53. The summed E-state index contributed by atoms with van der Waals surface area (Å²) in [6, 6.07) is 13.8. The van der Waals surface area contributed by atoms with Crippen LogP contribution in [0.3, 0.4) is 0 Å². The van der Waals surface area contributed by atoms with Gasteiger partial charge in [0.05, 0.1) is 0 Å². The molecule has 3 rings (SSSR count). The third-order valence-corrected chi connectivity index (χ3v) is 5.93. The Balaban J connectivity index is 1.65. The van der Waals surface area contributed by atoms with Gasteiger partial charge in [-0.1, -0.05) is 63.6 Å². The SMILES string of the molecule is CCC(C)(C)C1CCC(=NNC(=O)c2cccc3ccccc23)CC1. The lowest BCUT2D eigenvalue weighted by atomic mass is 9.69. The highest BCUT2D eigenvalue weighted by Gasteiger charge is 2.30. The molecular formula is C22H28N2O. The molecule has 0 spiro atoms. The van der Waals surface area contributed by atoms with Crippen LogP contribution in [-0.4, -0.2) is 11.6 Å². The molecule has 0 atom stereocenters. The first kappa shape index (κ1) is 17.7. The predicted octanol–water partition coefficient (Wildman–Crippen LogP) is 5.55. The number of nitrogens with zero attached hydrogens (tertiary/aromatic N) is 1. The second kappa shape index (κ2) is 7.38. The number of carbonyl (C=O) groups is 1. The van der Waals surface area contributed by atoms with Crippen molar-refractivity contribution in [1.29, 1.82) is 0 Å². The third-order valence-electron chi connectivity index (χ3n) is 5.93. The maximum atomic E-state index is 12.6. The molecule has 1 saturated carbocycles. The van der Waals surface area contributed by atoms with Gasteiger partial charge in [-0.15, -0.1) is 0 Å². The van der Waals surface area contributed by atoms with Gasteiger partial charge in [-0.25, -0.2) is 5.43 Å². The van der Waals surface area contributed by atoms with Gasteiger partial charge in [0, 0.05) is 11.3 Å². The van der Waals surface area contributed by atoms with E-state index in [1.165, 1.54) is 19.3 Å². The summed E-state index contributed by atoms with van der Waals surface area (Å²) < 4.78 is 0. The molecule has 1 amide bonds. The van der Waals surface area contributed by atoms with E-state index in [4.69, 9.17) is 0 Å². The van der Waals surface area contributed by atoms with Crippen molar-refractivity contribution < 1.29 is 4.79 Å². The Morgan fingerprint density at radius 2 is 1.80 bits per heavy atom. The highest BCUT2D eigenvalue weighted by atomic mass is 16.2.